The third kappa shape index (κ3) is 113. The van der Waals surface area contributed by atoms with Gasteiger partial charge in [0.05, 0.1) is 0 Å². The van der Waals surface area contributed by atoms with Gasteiger partial charge in [0.25, 0.3) is 0 Å². The third-order valence-corrected chi connectivity index (χ3v) is 3.91. The number of rotatable bonds is 14. The summed E-state index contributed by atoms with van der Waals surface area (Å²) < 4.78 is 0. The van der Waals surface area contributed by atoms with Crippen LogP contribution in [0.1, 0.15) is 130 Å². The summed E-state index contributed by atoms with van der Waals surface area (Å²) >= 11 is 7.21. The van der Waals surface area contributed by atoms with Crippen LogP contribution in [0.3, 0.4) is 0 Å². The molecule has 0 aliphatic rings. The molecule has 0 heterocycles. The minimum atomic E-state index is -3.81. The molecule has 0 radical (unpaired) electrons. The fourth-order valence-corrected chi connectivity index (χ4v) is 2.41. The molecule has 0 aliphatic heterocycles. The maximum atomic E-state index is 7.56. The molecule has 0 fully saturated rings. The first-order valence-electron chi connectivity index (χ1n) is 11.4. The van der Waals surface area contributed by atoms with Crippen LogP contribution >= 0.6 is 13.4 Å². The van der Waals surface area contributed by atoms with Crippen LogP contribution < -0.4 is 0 Å². The van der Waals surface area contributed by atoms with Crippen molar-refractivity contribution in [1.82, 2.24) is 0 Å². The largest absolute Gasteiger partial charge is 0.325 e. The molecule has 0 aromatic heterocycles. The van der Waals surface area contributed by atoms with Crippen molar-refractivity contribution in [1.29, 1.82) is 0 Å². The standard InChI is InChI=1S/2C10H22.2H3O3PS.Zn/c2*1-3-5-7-9-10-8-6-4-2;2*1-4(2,3)5;/h2*3-10H2,1-2H3;2*(H3,1,2,3,5);. The first kappa shape index (κ1) is 42.8. The van der Waals surface area contributed by atoms with Gasteiger partial charge >= 0.3 is 13.4 Å². The minimum absolute atomic E-state index is 0. The van der Waals surface area contributed by atoms with E-state index in [0.717, 1.165) is 0 Å². The molecule has 31 heavy (non-hydrogen) atoms. The molecule has 6 N–H and O–H groups in total. The normalized spacial score (nSPS) is 10.4. The van der Waals surface area contributed by atoms with Crippen molar-refractivity contribution in [2.24, 2.45) is 0 Å². The Hall–Kier alpha value is 1.68. The van der Waals surface area contributed by atoms with Gasteiger partial charge in [-0.2, -0.15) is 0 Å². The third-order valence-electron chi connectivity index (χ3n) is 3.91. The Balaban J connectivity index is -0.000000101. The fraction of sp³-hybridized carbons (Fsp3) is 1.00. The van der Waals surface area contributed by atoms with Crippen molar-refractivity contribution in [3.8, 4) is 0 Å². The van der Waals surface area contributed by atoms with E-state index in [9.17, 15) is 0 Å². The molecule has 0 aliphatic carbocycles. The maximum Gasteiger partial charge on any atom is 0.319 e. The van der Waals surface area contributed by atoms with Crippen molar-refractivity contribution in [3.05, 3.63) is 0 Å². The van der Waals surface area contributed by atoms with Crippen LogP contribution in [0.15, 0.2) is 0 Å². The Morgan fingerprint density at radius 2 is 0.484 bits per heavy atom. The van der Waals surface area contributed by atoms with Crippen LogP contribution in [0.25, 0.3) is 0 Å². The molecule has 0 spiro atoms. The van der Waals surface area contributed by atoms with E-state index in [2.05, 4.69) is 51.3 Å². The summed E-state index contributed by atoms with van der Waals surface area (Å²) in [5, 5.41) is 0. The second kappa shape index (κ2) is 33.9. The molecule has 0 unspecified atom stereocenters. The summed E-state index contributed by atoms with van der Waals surface area (Å²) in [6, 6.07) is 0. The predicted molar refractivity (Wildman–Crippen MR) is 138 cm³/mol. The van der Waals surface area contributed by atoms with E-state index in [0.29, 0.717) is 0 Å². The van der Waals surface area contributed by atoms with Gasteiger partial charge in [-0.15, -0.1) is 0 Å². The van der Waals surface area contributed by atoms with Crippen LogP contribution in [0.4, 0.5) is 0 Å². The predicted octanol–water partition coefficient (Wildman–Crippen LogP) is 6.67. The number of hydrogen-bond acceptors (Lipinski definition) is 2. The van der Waals surface area contributed by atoms with Crippen LogP contribution in [0.2, 0.25) is 0 Å². The summed E-state index contributed by atoms with van der Waals surface area (Å²) in [5.41, 5.74) is 0. The van der Waals surface area contributed by atoms with Gasteiger partial charge in [0.15, 0.2) is 0 Å². The molecule has 6 nitrogen and oxygen atoms in total. The zero-order chi connectivity index (χ0) is 24.3. The van der Waals surface area contributed by atoms with Gasteiger partial charge in [-0.1, -0.05) is 130 Å². The van der Waals surface area contributed by atoms with E-state index in [1.807, 2.05) is 0 Å². The molecule has 190 valence electrons. The van der Waals surface area contributed by atoms with Crippen molar-refractivity contribution in [3.63, 3.8) is 0 Å². The van der Waals surface area contributed by atoms with Crippen LogP contribution in [-0.4, -0.2) is 29.4 Å². The molecule has 11 heteroatoms. The number of hydrogen-bond donors (Lipinski definition) is 6. The summed E-state index contributed by atoms with van der Waals surface area (Å²) in [5.74, 6) is 0. The van der Waals surface area contributed by atoms with Gasteiger partial charge in [0.1, 0.15) is 0 Å². The van der Waals surface area contributed by atoms with E-state index in [1.165, 1.54) is 103 Å². The molecule has 0 amide bonds. The van der Waals surface area contributed by atoms with Gasteiger partial charge in [0.2, 0.25) is 0 Å². The Bertz CT molecular complexity index is 327. The van der Waals surface area contributed by atoms with Crippen molar-refractivity contribution >= 4 is 37.1 Å². The first-order valence-corrected chi connectivity index (χ1v) is 16.7. The molecule has 0 aromatic carbocycles. The zero-order valence-electron chi connectivity index (χ0n) is 20.4. The summed E-state index contributed by atoms with van der Waals surface area (Å²) in [7, 11) is 0. The Morgan fingerprint density at radius 3 is 0.581 bits per heavy atom. The van der Waals surface area contributed by atoms with Crippen LogP contribution in [0, 0.1) is 0 Å². The molecule has 0 saturated heterocycles. The van der Waals surface area contributed by atoms with E-state index in [-0.39, 0.29) is 19.5 Å². The average Bonchev–Trinajstić information content (AvgIpc) is 2.59. The van der Waals surface area contributed by atoms with Crippen molar-refractivity contribution < 1.29 is 48.8 Å². The monoisotopic (exact) mass is 576 g/mol. The van der Waals surface area contributed by atoms with Crippen LogP contribution in [-0.2, 0) is 43.1 Å². The van der Waals surface area contributed by atoms with Crippen molar-refractivity contribution in [2.75, 3.05) is 0 Å². The smallest absolute Gasteiger partial charge is 0.319 e. The minimum Gasteiger partial charge on any atom is -0.325 e. The van der Waals surface area contributed by atoms with Crippen LogP contribution in [0.5, 0.6) is 0 Å². The molecule has 0 aromatic rings. The Kier molecular flexibility index (Phi) is 46.8. The number of unbranched alkanes of at least 4 members (excludes halogenated alkanes) is 14. The first-order chi connectivity index (χ1) is 13.8. The fourth-order valence-electron chi connectivity index (χ4n) is 2.41. The van der Waals surface area contributed by atoms with Gasteiger partial charge in [0, 0.05) is 19.5 Å². The van der Waals surface area contributed by atoms with E-state index in [1.54, 1.807) is 0 Å². The van der Waals surface area contributed by atoms with Gasteiger partial charge < -0.3 is 29.4 Å². The second-order valence-corrected chi connectivity index (χ2v) is 12.3. The molecule has 0 bridgehead atoms. The Morgan fingerprint density at radius 1 is 0.387 bits per heavy atom. The van der Waals surface area contributed by atoms with E-state index in [4.69, 9.17) is 29.4 Å². The van der Waals surface area contributed by atoms with E-state index < -0.39 is 13.4 Å². The molecule has 0 rings (SSSR count). The SMILES string of the molecule is CCCCCCCCCC.CCCCCCCCCC.OP(O)(O)=S.OP(O)(O)=S.[Zn]. The summed E-state index contributed by atoms with van der Waals surface area (Å²) in [6.07, 6.45) is 22.9. The topological polar surface area (TPSA) is 121 Å². The van der Waals surface area contributed by atoms with Gasteiger partial charge in [-0.25, -0.2) is 0 Å². The maximum absolute atomic E-state index is 7.56. The molecular weight excluding hydrogens is 528 g/mol. The molecule has 0 saturated carbocycles. The summed E-state index contributed by atoms with van der Waals surface area (Å²) in [6.45, 7) is 1.47. The summed E-state index contributed by atoms with van der Waals surface area (Å²) in [4.78, 5) is 45.3. The molecular formula is C20H50O6P2S2Zn. The Labute approximate surface area is 215 Å². The zero-order valence-corrected chi connectivity index (χ0v) is 26.8. The van der Waals surface area contributed by atoms with E-state index >= 15 is 0 Å². The quantitative estimate of drug-likeness (QED) is 0.0769. The van der Waals surface area contributed by atoms with Gasteiger partial charge in [-0.05, 0) is 23.6 Å². The van der Waals surface area contributed by atoms with Crippen molar-refractivity contribution in [2.45, 2.75) is 130 Å². The molecule has 0 atom stereocenters. The second-order valence-electron chi connectivity index (χ2n) is 7.27. The van der Waals surface area contributed by atoms with Gasteiger partial charge in [-0.3, -0.25) is 0 Å². The average molecular weight is 578 g/mol.